The molecule has 0 saturated heterocycles. The molecule has 1 aromatic heterocycles. The number of aryl methyl sites for hydroxylation is 1. The van der Waals surface area contributed by atoms with Crippen LogP contribution in [0.2, 0.25) is 5.02 Å². The van der Waals surface area contributed by atoms with Gasteiger partial charge in [-0.1, -0.05) is 17.7 Å². The molecule has 0 aliphatic heterocycles. The summed E-state index contributed by atoms with van der Waals surface area (Å²) in [5.41, 5.74) is 2.09. The molecule has 0 spiro atoms. The third-order valence-electron chi connectivity index (χ3n) is 1.66. The molecule has 1 nitrogen and oxygen atoms in total. The van der Waals surface area contributed by atoms with E-state index in [9.17, 15) is 0 Å². The van der Waals surface area contributed by atoms with Crippen molar-refractivity contribution in [2.24, 2.45) is 0 Å². The van der Waals surface area contributed by atoms with Gasteiger partial charge in [-0.25, -0.2) is 0 Å². The number of benzene rings is 1. The third kappa shape index (κ3) is 1.02. The van der Waals surface area contributed by atoms with E-state index < -0.39 is 0 Å². The summed E-state index contributed by atoms with van der Waals surface area (Å²) in [6.07, 6.45) is 0. The Morgan fingerprint density at radius 1 is 1.55 bits per heavy atom. The van der Waals surface area contributed by atoms with Crippen molar-refractivity contribution in [2.45, 2.75) is 6.92 Å². The minimum absolute atomic E-state index is 0.756. The molecule has 1 N–H and O–H groups in total. The van der Waals surface area contributed by atoms with Gasteiger partial charge in [0.05, 0.1) is 10.5 Å². The zero-order valence-electron chi connectivity index (χ0n) is 6.11. The maximum Gasteiger partial charge on any atom is 0.0651 e. The maximum absolute atomic E-state index is 5.92. The van der Waals surface area contributed by atoms with E-state index in [-0.39, 0.29) is 0 Å². The SMILES string of the molecule is Cc1cc2[c]ccc(Cl)c2[nH]1. The van der Waals surface area contributed by atoms with Gasteiger partial charge in [0, 0.05) is 11.1 Å². The molecule has 1 heterocycles. The molecule has 0 fully saturated rings. The minimum atomic E-state index is 0.756. The Labute approximate surface area is 70.0 Å². The number of aromatic nitrogens is 1. The van der Waals surface area contributed by atoms with E-state index in [4.69, 9.17) is 11.6 Å². The van der Waals surface area contributed by atoms with E-state index in [1.165, 1.54) is 0 Å². The van der Waals surface area contributed by atoms with Crippen LogP contribution in [-0.2, 0) is 0 Å². The molecule has 0 saturated carbocycles. The van der Waals surface area contributed by atoms with Crippen LogP contribution in [0, 0.1) is 13.0 Å². The van der Waals surface area contributed by atoms with Crippen molar-refractivity contribution >= 4 is 22.5 Å². The topological polar surface area (TPSA) is 15.8 Å². The van der Waals surface area contributed by atoms with Crippen molar-refractivity contribution in [3.63, 3.8) is 0 Å². The monoisotopic (exact) mass is 164 g/mol. The Morgan fingerprint density at radius 3 is 3.09 bits per heavy atom. The van der Waals surface area contributed by atoms with E-state index in [1.54, 1.807) is 0 Å². The highest BCUT2D eigenvalue weighted by Gasteiger charge is 1.99. The molecular weight excluding hydrogens is 158 g/mol. The van der Waals surface area contributed by atoms with E-state index in [0.29, 0.717) is 0 Å². The smallest absolute Gasteiger partial charge is 0.0651 e. The average molecular weight is 165 g/mol. The lowest BCUT2D eigenvalue weighted by Gasteiger charge is -1.89. The maximum atomic E-state index is 5.92. The third-order valence-corrected chi connectivity index (χ3v) is 1.97. The highest BCUT2D eigenvalue weighted by atomic mass is 35.5. The molecule has 0 aliphatic rings. The first-order chi connectivity index (χ1) is 5.27. The molecule has 1 aromatic carbocycles. The Bertz CT molecular complexity index is 389. The van der Waals surface area contributed by atoms with Gasteiger partial charge < -0.3 is 4.98 Å². The number of rotatable bonds is 0. The van der Waals surface area contributed by atoms with Gasteiger partial charge in [-0.3, -0.25) is 0 Å². The van der Waals surface area contributed by atoms with E-state index in [2.05, 4.69) is 11.1 Å². The predicted octanol–water partition coefficient (Wildman–Crippen LogP) is 2.93. The van der Waals surface area contributed by atoms with Gasteiger partial charge in [0.1, 0.15) is 0 Å². The van der Waals surface area contributed by atoms with Gasteiger partial charge in [0.2, 0.25) is 0 Å². The molecule has 2 heteroatoms. The highest BCUT2D eigenvalue weighted by molar-refractivity contribution is 6.35. The number of nitrogens with one attached hydrogen (secondary N) is 1. The molecule has 2 rings (SSSR count). The summed E-state index contributed by atoms with van der Waals surface area (Å²) >= 11 is 5.92. The first-order valence-corrected chi connectivity index (χ1v) is 3.80. The van der Waals surface area contributed by atoms with Crippen molar-refractivity contribution in [3.05, 3.63) is 35.0 Å². The quantitative estimate of drug-likeness (QED) is 0.616. The Kier molecular flexibility index (Phi) is 1.40. The van der Waals surface area contributed by atoms with E-state index >= 15 is 0 Å². The van der Waals surface area contributed by atoms with Gasteiger partial charge in [-0.15, -0.1) is 0 Å². The molecule has 11 heavy (non-hydrogen) atoms. The summed E-state index contributed by atoms with van der Waals surface area (Å²) in [6, 6.07) is 8.79. The fraction of sp³-hybridized carbons (Fsp3) is 0.111. The van der Waals surface area contributed by atoms with Crippen LogP contribution in [0.1, 0.15) is 5.69 Å². The first kappa shape index (κ1) is 6.74. The van der Waals surface area contributed by atoms with Gasteiger partial charge in [-0.05, 0) is 25.1 Å². The summed E-state index contributed by atoms with van der Waals surface area (Å²) in [5.74, 6) is 0. The predicted molar refractivity (Wildman–Crippen MR) is 46.9 cm³/mol. The Hall–Kier alpha value is -0.950. The number of fused-ring (bicyclic) bond motifs is 1. The van der Waals surface area contributed by atoms with Crippen LogP contribution in [-0.4, -0.2) is 4.98 Å². The second-order valence-electron chi connectivity index (χ2n) is 2.57. The molecule has 0 aliphatic carbocycles. The van der Waals surface area contributed by atoms with Crippen LogP contribution < -0.4 is 0 Å². The zero-order chi connectivity index (χ0) is 7.84. The average Bonchev–Trinajstić information content (AvgIpc) is 2.31. The fourth-order valence-electron chi connectivity index (χ4n) is 1.18. The minimum Gasteiger partial charge on any atom is -0.357 e. The van der Waals surface area contributed by atoms with Crippen molar-refractivity contribution in [2.75, 3.05) is 0 Å². The van der Waals surface area contributed by atoms with Crippen LogP contribution in [0.5, 0.6) is 0 Å². The summed E-state index contributed by atoms with van der Waals surface area (Å²) in [5, 5.41) is 1.81. The number of H-pyrrole nitrogens is 1. The standard InChI is InChI=1S/C9H7ClN/c1-6-5-7-3-2-4-8(10)9(7)11-6/h2,4-5,11H,1H3. The molecular formula is C9H7ClN. The van der Waals surface area contributed by atoms with Gasteiger partial charge in [0.15, 0.2) is 0 Å². The van der Waals surface area contributed by atoms with Crippen LogP contribution in [0.4, 0.5) is 0 Å². The molecule has 0 amide bonds. The number of hydrogen-bond donors (Lipinski definition) is 1. The van der Waals surface area contributed by atoms with Gasteiger partial charge in [0.25, 0.3) is 0 Å². The van der Waals surface area contributed by atoms with Crippen LogP contribution in [0.25, 0.3) is 10.9 Å². The van der Waals surface area contributed by atoms with Crippen LogP contribution in [0.3, 0.4) is 0 Å². The zero-order valence-corrected chi connectivity index (χ0v) is 6.87. The molecule has 2 aromatic rings. The lowest BCUT2D eigenvalue weighted by Crippen LogP contribution is -1.69. The van der Waals surface area contributed by atoms with E-state index in [0.717, 1.165) is 21.6 Å². The molecule has 1 radical (unpaired) electrons. The van der Waals surface area contributed by atoms with Crippen molar-refractivity contribution in [3.8, 4) is 0 Å². The first-order valence-electron chi connectivity index (χ1n) is 3.43. The molecule has 0 atom stereocenters. The molecule has 0 unspecified atom stereocenters. The fourth-order valence-corrected chi connectivity index (χ4v) is 1.39. The summed E-state index contributed by atoms with van der Waals surface area (Å²) in [6.45, 7) is 2.00. The Balaban J connectivity index is 2.90. The summed E-state index contributed by atoms with van der Waals surface area (Å²) in [7, 11) is 0. The highest BCUT2D eigenvalue weighted by Crippen LogP contribution is 2.22. The number of hydrogen-bond acceptors (Lipinski definition) is 0. The van der Waals surface area contributed by atoms with Crippen LogP contribution >= 0.6 is 11.6 Å². The Morgan fingerprint density at radius 2 is 2.36 bits per heavy atom. The summed E-state index contributed by atoms with van der Waals surface area (Å²) < 4.78 is 0. The van der Waals surface area contributed by atoms with Gasteiger partial charge in [-0.2, -0.15) is 0 Å². The van der Waals surface area contributed by atoms with E-state index in [1.807, 2.05) is 25.1 Å². The second kappa shape index (κ2) is 2.28. The molecule has 55 valence electrons. The van der Waals surface area contributed by atoms with Gasteiger partial charge >= 0.3 is 0 Å². The molecule has 0 bridgehead atoms. The summed E-state index contributed by atoms with van der Waals surface area (Å²) in [4.78, 5) is 3.16. The number of halogens is 1. The lowest BCUT2D eigenvalue weighted by molar-refractivity contribution is 1.30. The van der Waals surface area contributed by atoms with Crippen molar-refractivity contribution in [1.29, 1.82) is 0 Å². The number of aromatic amines is 1. The lowest BCUT2D eigenvalue weighted by atomic mass is 10.2. The van der Waals surface area contributed by atoms with Crippen LogP contribution in [0.15, 0.2) is 18.2 Å². The largest absolute Gasteiger partial charge is 0.357 e. The van der Waals surface area contributed by atoms with Crippen molar-refractivity contribution in [1.82, 2.24) is 4.98 Å². The van der Waals surface area contributed by atoms with Crippen molar-refractivity contribution < 1.29 is 0 Å². The normalized spacial score (nSPS) is 10.7. The second-order valence-corrected chi connectivity index (χ2v) is 2.97.